The van der Waals surface area contributed by atoms with Gasteiger partial charge in [-0.15, -0.1) is 0 Å². The van der Waals surface area contributed by atoms with E-state index in [2.05, 4.69) is 26.1 Å². The first-order valence-corrected chi connectivity index (χ1v) is 11.7. The van der Waals surface area contributed by atoms with Gasteiger partial charge in [-0.3, -0.25) is 4.79 Å². The molecule has 1 N–H and O–H groups in total. The zero-order valence-electron chi connectivity index (χ0n) is 18.5. The van der Waals surface area contributed by atoms with Crippen LogP contribution in [0.25, 0.3) is 0 Å². The van der Waals surface area contributed by atoms with Gasteiger partial charge in [0, 0.05) is 18.8 Å². The molecular weight excluding hydrogens is 416 g/mol. The number of methoxy groups -OCH3 is 1. The summed E-state index contributed by atoms with van der Waals surface area (Å²) in [5, 5.41) is 2.97. The van der Waals surface area contributed by atoms with Crippen molar-refractivity contribution >= 4 is 21.6 Å². The fraction of sp³-hybridized carbons (Fsp3) is 0.435. The van der Waals surface area contributed by atoms with Crippen molar-refractivity contribution in [1.29, 1.82) is 0 Å². The van der Waals surface area contributed by atoms with Gasteiger partial charge in [0.25, 0.3) is 0 Å². The summed E-state index contributed by atoms with van der Waals surface area (Å²) in [6.45, 7) is 7.56. The molecule has 0 spiro atoms. The molecule has 1 aliphatic heterocycles. The highest BCUT2D eigenvalue weighted by atomic mass is 32.2. The maximum atomic E-state index is 13.1. The van der Waals surface area contributed by atoms with Crippen molar-refractivity contribution in [3.8, 4) is 5.75 Å². The van der Waals surface area contributed by atoms with E-state index in [-0.39, 0.29) is 28.4 Å². The molecule has 0 radical (unpaired) electrons. The van der Waals surface area contributed by atoms with E-state index in [0.717, 1.165) is 11.3 Å². The fourth-order valence-corrected chi connectivity index (χ4v) is 5.20. The van der Waals surface area contributed by atoms with Gasteiger partial charge in [0.05, 0.1) is 26.7 Å². The zero-order chi connectivity index (χ0) is 22.6. The van der Waals surface area contributed by atoms with Crippen LogP contribution >= 0.6 is 0 Å². The number of para-hydroxylation sites is 1. The van der Waals surface area contributed by atoms with E-state index in [9.17, 15) is 13.2 Å². The highest BCUT2D eigenvalue weighted by Gasteiger charge is 2.29. The quantitative estimate of drug-likeness (QED) is 0.737. The van der Waals surface area contributed by atoms with E-state index < -0.39 is 10.0 Å². The number of carbonyl (C=O) groups excluding carboxylic acids is 1. The van der Waals surface area contributed by atoms with Gasteiger partial charge in [-0.25, -0.2) is 8.42 Å². The molecule has 0 atom stereocenters. The molecule has 1 saturated heterocycles. The molecule has 1 amide bonds. The summed E-state index contributed by atoms with van der Waals surface area (Å²) in [5.74, 6) is 0.0466. The first-order valence-electron chi connectivity index (χ1n) is 10.3. The molecule has 31 heavy (non-hydrogen) atoms. The van der Waals surface area contributed by atoms with E-state index in [0.29, 0.717) is 31.9 Å². The van der Waals surface area contributed by atoms with Crippen molar-refractivity contribution in [1.82, 2.24) is 4.31 Å². The molecule has 1 fully saturated rings. The van der Waals surface area contributed by atoms with E-state index >= 15 is 0 Å². The zero-order valence-corrected chi connectivity index (χ0v) is 19.3. The van der Waals surface area contributed by atoms with Crippen molar-refractivity contribution in [2.75, 3.05) is 38.7 Å². The maximum absolute atomic E-state index is 13.1. The summed E-state index contributed by atoms with van der Waals surface area (Å²) in [4.78, 5) is 12.8. The molecule has 1 heterocycles. The largest absolute Gasteiger partial charge is 0.495 e. The van der Waals surface area contributed by atoms with Crippen molar-refractivity contribution < 1.29 is 22.7 Å². The molecular formula is C23H30N2O5S. The third-order valence-electron chi connectivity index (χ3n) is 5.19. The Bertz CT molecular complexity index is 1040. The lowest BCUT2D eigenvalue weighted by Crippen LogP contribution is -2.40. The Morgan fingerprint density at radius 3 is 2.45 bits per heavy atom. The van der Waals surface area contributed by atoms with E-state index in [1.807, 2.05) is 24.3 Å². The van der Waals surface area contributed by atoms with Crippen LogP contribution in [0.2, 0.25) is 0 Å². The summed E-state index contributed by atoms with van der Waals surface area (Å²) in [7, 11) is -2.32. The SMILES string of the molecule is COc1ccc(CC(=O)Nc2ccccc2C(C)(C)C)cc1S(=O)(=O)N1CCOCC1. The van der Waals surface area contributed by atoms with Crippen LogP contribution in [0.4, 0.5) is 5.69 Å². The normalized spacial score (nSPS) is 15.5. The second-order valence-electron chi connectivity index (χ2n) is 8.52. The van der Waals surface area contributed by atoms with E-state index in [1.165, 1.54) is 17.5 Å². The number of hydrogen-bond acceptors (Lipinski definition) is 5. The fourth-order valence-electron chi connectivity index (χ4n) is 3.58. The molecule has 1 aliphatic rings. The monoisotopic (exact) mass is 446 g/mol. The second kappa shape index (κ2) is 9.38. The maximum Gasteiger partial charge on any atom is 0.246 e. The van der Waals surface area contributed by atoms with Crippen LogP contribution in [0.5, 0.6) is 5.75 Å². The van der Waals surface area contributed by atoms with Crippen LogP contribution in [0.3, 0.4) is 0 Å². The summed E-state index contributed by atoms with van der Waals surface area (Å²) < 4.78 is 38.2. The lowest BCUT2D eigenvalue weighted by Gasteiger charge is -2.27. The summed E-state index contributed by atoms with van der Waals surface area (Å²) in [6, 6.07) is 12.5. The van der Waals surface area contributed by atoms with Gasteiger partial charge < -0.3 is 14.8 Å². The second-order valence-corrected chi connectivity index (χ2v) is 10.4. The number of anilines is 1. The summed E-state index contributed by atoms with van der Waals surface area (Å²) in [5.41, 5.74) is 2.27. The van der Waals surface area contributed by atoms with Crippen molar-refractivity contribution in [3.63, 3.8) is 0 Å². The number of hydrogen-bond donors (Lipinski definition) is 1. The van der Waals surface area contributed by atoms with E-state index in [4.69, 9.17) is 9.47 Å². The van der Waals surface area contributed by atoms with Gasteiger partial charge in [-0.05, 0) is 34.7 Å². The molecule has 0 aromatic heterocycles. The molecule has 0 bridgehead atoms. The van der Waals surface area contributed by atoms with Gasteiger partial charge in [0.15, 0.2) is 0 Å². The van der Waals surface area contributed by atoms with Crippen LogP contribution in [-0.2, 0) is 31.4 Å². The van der Waals surface area contributed by atoms with Crippen molar-refractivity contribution in [3.05, 3.63) is 53.6 Å². The molecule has 2 aromatic carbocycles. The highest BCUT2D eigenvalue weighted by molar-refractivity contribution is 7.89. The van der Waals surface area contributed by atoms with Gasteiger partial charge in [0.1, 0.15) is 10.6 Å². The Morgan fingerprint density at radius 1 is 1.13 bits per heavy atom. The Morgan fingerprint density at radius 2 is 1.81 bits per heavy atom. The van der Waals surface area contributed by atoms with Gasteiger partial charge in [-0.2, -0.15) is 4.31 Å². The lowest BCUT2D eigenvalue weighted by molar-refractivity contribution is -0.115. The number of nitrogens with zero attached hydrogens (tertiary/aromatic N) is 1. The molecule has 168 valence electrons. The highest BCUT2D eigenvalue weighted by Crippen LogP contribution is 2.30. The Balaban J connectivity index is 1.83. The number of sulfonamides is 1. The van der Waals surface area contributed by atoms with Gasteiger partial charge in [0.2, 0.25) is 15.9 Å². The molecule has 7 nitrogen and oxygen atoms in total. The van der Waals surface area contributed by atoms with Crippen LogP contribution < -0.4 is 10.1 Å². The average molecular weight is 447 g/mol. The Labute approximate surface area is 184 Å². The molecule has 0 saturated carbocycles. The number of amides is 1. The minimum absolute atomic E-state index is 0.0497. The Hall–Kier alpha value is -2.42. The number of rotatable bonds is 6. The number of morpholine rings is 1. The standard InChI is InChI=1S/C23H30N2O5S/c1-23(2,3)18-7-5-6-8-19(18)24-22(26)16-17-9-10-20(29-4)21(15-17)31(27,28)25-11-13-30-14-12-25/h5-10,15H,11-14,16H2,1-4H3,(H,24,26). The van der Waals surface area contributed by atoms with Crippen LogP contribution in [0.15, 0.2) is 47.4 Å². The lowest BCUT2D eigenvalue weighted by atomic mass is 9.86. The minimum Gasteiger partial charge on any atom is -0.495 e. The first-order chi connectivity index (χ1) is 14.6. The van der Waals surface area contributed by atoms with Crippen LogP contribution in [-0.4, -0.2) is 52.0 Å². The van der Waals surface area contributed by atoms with Gasteiger partial charge >= 0.3 is 0 Å². The first kappa shape index (κ1) is 23.2. The number of ether oxygens (including phenoxy) is 2. The third kappa shape index (κ3) is 5.44. The third-order valence-corrected chi connectivity index (χ3v) is 7.11. The molecule has 2 aromatic rings. The van der Waals surface area contributed by atoms with Gasteiger partial charge in [-0.1, -0.05) is 45.0 Å². The number of benzene rings is 2. The summed E-state index contributed by atoms with van der Waals surface area (Å²) in [6.07, 6.45) is 0.0497. The van der Waals surface area contributed by atoms with Crippen LogP contribution in [0, 0.1) is 0 Å². The van der Waals surface area contributed by atoms with Crippen molar-refractivity contribution in [2.45, 2.75) is 37.5 Å². The minimum atomic E-state index is -3.75. The molecule has 0 unspecified atom stereocenters. The molecule has 8 heteroatoms. The average Bonchev–Trinajstić information content (AvgIpc) is 2.74. The topological polar surface area (TPSA) is 84.9 Å². The predicted octanol–water partition coefficient (Wildman–Crippen LogP) is 3.19. The molecule has 3 rings (SSSR count). The van der Waals surface area contributed by atoms with E-state index in [1.54, 1.807) is 12.1 Å². The number of carbonyl (C=O) groups is 1. The molecule has 0 aliphatic carbocycles. The number of nitrogens with one attached hydrogen (secondary N) is 1. The Kier molecular flexibility index (Phi) is 7.03. The predicted molar refractivity (Wildman–Crippen MR) is 120 cm³/mol. The van der Waals surface area contributed by atoms with Crippen molar-refractivity contribution in [2.24, 2.45) is 0 Å². The smallest absolute Gasteiger partial charge is 0.246 e. The summed E-state index contributed by atoms with van der Waals surface area (Å²) >= 11 is 0. The van der Waals surface area contributed by atoms with Crippen LogP contribution in [0.1, 0.15) is 31.9 Å².